The maximum Gasteiger partial charge on any atom is 0.270 e. The van der Waals surface area contributed by atoms with Crippen molar-refractivity contribution in [2.45, 2.75) is 31.2 Å². The summed E-state index contributed by atoms with van der Waals surface area (Å²) in [4.78, 5) is 19.3. The summed E-state index contributed by atoms with van der Waals surface area (Å²) in [6.07, 6.45) is 0. The average Bonchev–Trinajstić information content (AvgIpc) is 2.92. The lowest BCUT2D eigenvalue weighted by Crippen LogP contribution is -2.52. The minimum absolute atomic E-state index is 0.00927. The number of thiophene rings is 1. The third kappa shape index (κ3) is 3.34. The summed E-state index contributed by atoms with van der Waals surface area (Å²) in [5.74, 6) is -4.12. The molecule has 5 nitrogen and oxygen atoms in total. The number of hydrogen-bond acceptors (Lipinski definition) is 5. The number of amides is 1. The number of benzene rings is 1. The van der Waals surface area contributed by atoms with Crippen LogP contribution in [0.15, 0.2) is 39.1 Å². The van der Waals surface area contributed by atoms with Gasteiger partial charge in [0.05, 0.1) is 14.6 Å². The topological polar surface area (TPSA) is 78.9 Å². The number of carbonyl (C=O) groups excluding carboxylic acids is 1. The fourth-order valence-electron chi connectivity index (χ4n) is 3.26. The minimum atomic E-state index is -2.98. The molecule has 0 bridgehead atoms. The zero-order chi connectivity index (χ0) is 20.1. The molecule has 0 radical (unpaired) electrons. The molecule has 1 aromatic carbocycles. The Morgan fingerprint density at radius 3 is 2.44 bits per heavy atom. The second kappa shape index (κ2) is 6.56. The van der Waals surface area contributed by atoms with Crippen molar-refractivity contribution in [3.8, 4) is 5.75 Å². The molecule has 0 saturated heterocycles. The molecule has 0 fully saturated rings. The Hall–Kier alpha value is -2.00. The molecule has 1 aromatic heterocycles. The van der Waals surface area contributed by atoms with Gasteiger partial charge in [-0.05, 0) is 28.4 Å². The minimum Gasteiger partial charge on any atom is -0.507 e. The predicted molar refractivity (Wildman–Crippen MR) is 104 cm³/mol. The van der Waals surface area contributed by atoms with Crippen LogP contribution >= 0.6 is 27.3 Å². The van der Waals surface area contributed by atoms with Crippen molar-refractivity contribution in [1.82, 2.24) is 4.90 Å². The lowest BCUT2D eigenvalue weighted by Gasteiger charge is -2.40. The monoisotopic (exact) mass is 457 g/mol. The van der Waals surface area contributed by atoms with Gasteiger partial charge >= 0.3 is 0 Å². The van der Waals surface area contributed by atoms with Crippen LogP contribution in [0.5, 0.6) is 5.75 Å². The fraction of sp³-hybridized carbons (Fsp3) is 0.333. The van der Waals surface area contributed by atoms with Crippen LogP contribution in [0.25, 0.3) is 0 Å². The molecule has 1 aliphatic rings. The Morgan fingerprint density at radius 2 is 1.96 bits per heavy atom. The van der Waals surface area contributed by atoms with Crippen LogP contribution in [0.4, 0.5) is 8.78 Å². The SMILES string of the molecule is CN1C(=O)C(c2ccc(C(C)(F)F)cc2)C(C)(c2sc(Br)cc2O)N=C1N. The summed E-state index contributed by atoms with van der Waals surface area (Å²) >= 11 is 4.57. The Bertz CT molecular complexity index is 924. The number of alkyl halides is 2. The van der Waals surface area contributed by atoms with Crippen LogP contribution in [0.2, 0.25) is 0 Å². The number of hydrogen-bond donors (Lipinski definition) is 2. The molecular weight excluding hydrogens is 440 g/mol. The zero-order valence-corrected chi connectivity index (χ0v) is 17.2. The van der Waals surface area contributed by atoms with Crippen LogP contribution in [-0.4, -0.2) is 28.9 Å². The molecule has 0 spiro atoms. The summed E-state index contributed by atoms with van der Waals surface area (Å²) in [7, 11) is 1.51. The van der Waals surface area contributed by atoms with Crippen molar-refractivity contribution in [1.29, 1.82) is 0 Å². The molecule has 2 atom stereocenters. The maximum atomic E-state index is 13.5. The third-order valence-electron chi connectivity index (χ3n) is 4.72. The van der Waals surface area contributed by atoms with Crippen molar-refractivity contribution in [3.63, 3.8) is 0 Å². The highest BCUT2D eigenvalue weighted by atomic mass is 79.9. The first-order valence-electron chi connectivity index (χ1n) is 8.05. The number of aliphatic imine (C=N–C) groups is 1. The first-order valence-corrected chi connectivity index (χ1v) is 9.66. The summed E-state index contributed by atoms with van der Waals surface area (Å²) in [6.45, 7) is 2.52. The zero-order valence-electron chi connectivity index (χ0n) is 14.8. The van der Waals surface area contributed by atoms with Gasteiger partial charge in [0.15, 0.2) is 5.96 Å². The number of nitrogens with zero attached hydrogens (tertiary/aromatic N) is 2. The van der Waals surface area contributed by atoms with Crippen molar-refractivity contribution >= 4 is 39.1 Å². The van der Waals surface area contributed by atoms with E-state index in [4.69, 9.17) is 5.73 Å². The lowest BCUT2D eigenvalue weighted by atomic mass is 9.77. The molecule has 27 heavy (non-hydrogen) atoms. The molecule has 9 heteroatoms. The third-order valence-corrected chi connectivity index (χ3v) is 6.58. The summed E-state index contributed by atoms with van der Waals surface area (Å²) < 4.78 is 27.8. The van der Waals surface area contributed by atoms with Gasteiger partial charge in [-0.1, -0.05) is 24.3 Å². The van der Waals surface area contributed by atoms with E-state index >= 15 is 0 Å². The van der Waals surface area contributed by atoms with Gasteiger partial charge in [0, 0.05) is 25.6 Å². The number of guanidine groups is 1. The van der Waals surface area contributed by atoms with Crippen LogP contribution in [-0.2, 0) is 16.3 Å². The maximum absolute atomic E-state index is 13.5. The molecule has 144 valence electrons. The lowest BCUT2D eigenvalue weighted by molar-refractivity contribution is -0.130. The molecule has 2 aromatic rings. The summed E-state index contributed by atoms with van der Waals surface area (Å²) in [6, 6.07) is 7.12. The van der Waals surface area contributed by atoms with Crippen LogP contribution in [0.3, 0.4) is 0 Å². The second-order valence-electron chi connectivity index (χ2n) is 6.72. The van der Waals surface area contributed by atoms with E-state index in [1.54, 1.807) is 6.92 Å². The molecular formula is C18H18BrF2N3O2S. The van der Waals surface area contributed by atoms with Crippen molar-refractivity contribution in [2.75, 3.05) is 7.05 Å². The van der Waals surface area contributed by atoms with E-state index in [-0.39, 0.29) is 23.2 Å². The Morgan fingerprint density at radius 1 is 1.37 bits per heavy atom. The van der Waals surface area contributed by atoms with Gasteiger partial charge < -0.3 is 10.8 Å². The highest BCUT2D eigenvalue weighted by molar-refractivity contribution is 9.11. The van der Waals surface area contributed by atoms with Gasteiger partial charge in [-0.15, -0.1) is 11.3 Å². The molecule has 1 aliphatic heterocycles. The van der Waals surface area contributed by atoms with Gasteiger partial charge in [0.25, 0.3) is 5.92 Å². The quantitative estimate of drug-likeness (QED) is 0.727. The molecule has 3 N–H and O–H groups in total. The Balaban J connectivity index is 2.18. The number of halogens is 3. The highest BCUT2D eigenvalue weighted by Gasteiger charge is 2.49. The van der Waals surface area contributed by atoms with E-state index in [0.29, 0.717) is 14.2 Å². The summed E-state index contributed by atoms with van der Waals surface area (Å²) in [5, 5.41) is 10.3. The van der Waals surface area contributed by atoms with Gasteiger partial charge in [0.1, 0.15) is 11.3 Å². The molecule has 0 saturated carbocycles. The average molecular weight is 458 g/mol. The first-order chi connectivity index (χ1) is 12.4. The van der Waals surface area contributed by atoms with Crippen LogP contribution < -0.4 is 5.73 Å². The largest absolute Gasteiger partial charge is 0.507 e. The molecule has 0 aliphatic carbocycles. The van der Waals surface area contributed by atoms with E-state index in [0.717, 1.165) is 6.92 Å². The van der Waals surface area contributed by atoms with E-state index < -0.39 is 17.4 Å². The molecule has 2 heterocycles. The number of likely N-dealkylation sites (N-methyl/N-ethyl adjacent to an activating group) is 1. The van der Waals surface area contributed by atoms with Crippen molar-refractivity contribution in [3.05, 3.63) is 50.1 Å². The van der Waals surface area contributed by atoms with Gasteiger partial charge in [-0.25, -0.2) is 13.8 Å². The fourth-order valence-corrected chi connectivity index (χ4v) is 4.86. The number of aromatic hydroxyl groups is 1. The number of nitrogens with two attached hydrogens (primary N) is 1. The van der Waals surface area contributed by atoms with Crippen LogP contribution in [0.1, 0.15) is 35.8 Å². The van der Waals surface area contributed by atoms with E-state index in [9.17, 15) is 18.7 Å². The van der Waals surface area contributed by atoms with E-state index in [2.05, 4.69) is 20.9 Å². The predicted octanol–water partition coefficient (Wildman–Crippen LogP) is 4.11. The molecule has 3 rings (SSSR count). The van der Waals surface area contributed by atoms with Crippen molar-refractivity contribution in [2.24, 2.45) is 10.7 Å². The van der Waals surface area contributed by atoms with E-state index in [1.165, 1.54) is 53.6 Å². The highest BCUT2D eigenvalue weighted by Crippen LogP contribution is 2.50. The number of rotatable bonds is 3. The Labute approximate surface area is 167 Å². The van der Waals surface area contributed by atoms with Gasteiger partial charge in [0.2, 0.25) is 5.91 Å². The second-order valence-corrected chi connectivity index (χ2v) is 9.15. The Kier molecular flexibility index (Phi) is 4.80. The standard InChI is InChI=1S/C18H18BrF2N3O2S/c1-17(14-11(25)8-12(19)27-14)13(15(26)24(3)16(22)23-17)9-4-6-10(7-5-9)18(2,20)21/h4-8,13,25H,1-3H3,(H2,22,23). The summed E-state index contributed by atoms with van der Waals surface area (Å²) in [5.41, 5.74) is 5.12. The first kappa shape index (κ1) is 19.8. The van der Waals surface area contributed by atoms with E-state index in [1.807, 2.05) is 0 Å². The van der Waals surface area contributed by atoms with Crippen molar-refractivity contribution < 1.29 is 18.7 Å². The molecule has 1 amide bonds. The van der Waals surface area contributed by atoms with Crippen LogP contribution in [0, 0.1) is 0 Å². The smallest absolute Gasteiger partial charge is 0.270 e. The normalized spacial score (nSPS) is 23.5. The number of carbonyl (C=O) groups is 1. The van der Waals surface area contributed by atoms with Gasteiger partial charge in [-0.2, -0.15) is 0 Å². The van der Waals surface area contributed by atoms with Gasteiger partial charge in [-0.3, -0.25) is 9.69 Å². The molecule has 2 unspecified atom stereocenters.